The van der Waals surface area contributed by atoms with Crippen molar-refractivity contribution in [1.29, 1.82) is 0 Å². The summed E-state index contributed by atoms with van der Waals surface area (Å²) in [6.45, 7) is 2.64. The number of anilines is 1. The first-order valence-electron chi connectivity index (χ1n) is 7.89. The van der Waals surface area contributed by atoms with Crippen LogP contribution in [0, 0.1) is 0 Å². The van der Waals surface area contributed by atoms with Crippen LogP contribution in [0.25, 0.3) is 0 Å². The minimum absolute atomic E-state index is 0.121. The maximum Gasteiger partial charge on any atom is 0.251 e. The molecule has 0 saturated carbocycles. The van der Waals surface area contributed by atoms with Gasteiger partial charge in [0.25, 0.3) is 5.91 Å². The van der Waals surface area contributed by atoms with Crippen molar-refractivity contribution in [2.75, 3.05) is 18.5 Å². The van der Waals surface area contributed by atoms with Gasteiger partial charge in [0, 0.05) is 24.9 Å². The van der Waals surface area contributed by atoms with Crippen molar-refractivity contribution in [3.05, 3.63) is 42.1 Å². The van der Waals surface area contributed by atoms with E-state index in [0.29, 0.717) is 18.0 Å². The molecule has 0 atom stereocenters. The Kier molecular flexibility index (Phi) is 6.36. The van der Waals surface area contributed by atoms with E-state index in [2.05, 4.69) is 22.7 Å². The fraction of sp³-hybridized carbons (Fsp3) is 0.353. The maximum atomic E-state index is 12.0. The number of hydrogen-bond acceptors (Lipinski definition) is 4. The van der Waals surface area contributed by atoms with Gasteiger partial charge in [0.2, 0.25) is 5.91 Å². The molecule has 0 aliphatic heterocycles. The van der Waals surface area contributed by atoms with E-state index in [-0.39, 0.29) is 18.4 Å². The monoisotopic (exact) mass is 330 g/mol. The standard InChI is InChI=1S/C17H22N4O3/c1-3-4-11-24-14-7-5-13(6-8-14)17(23)18-12-16(22)19-15-9-10-21(2)20-15/h5-10H,3-4,11-12H2,1-2H3,(H,18,23)(H,19,20,22). The molecule has 0 radical (unpaired) electrons. The van der Waals surface area contributed by atoms with Crippen molar-refractivity contribution < 1.29 is 14.3 Å². The summed E-state index contributed by atoms with van der Waals surface area (Å²) in [5.41, 5.74) is 0.475. The molecule has 0 fully saturated rings. The first-order valence-corrected chi connectivity index (χ1v) is 7.89. The van der Waals surface area contributed by atoms with Crippen LogP contribution in [-0.4, -0.2) is 34.7 Å². The number of aryl methyl sites for hydroxylation is 1. The number of nitrogens with one attached hydrogen (secondary N) is 2. The van der Waals surface area contributed by atoms with Crippen molar-refractivity contribution in [2.45, 2.75) is 19.8 Å². The number of carbonyl (C=O) groups is 2. The van der Waals surface area contributed by atoms with Crippen molar-refractivity contribution >= 4 is 17.6 Å². The molecular weight excluding hydrogens is 308 g/mol. The van der Waals surface area contributed by atoms with Crippen LogP contribution in [0.4, 0.5) is 5.82 Å². The van der Waals surface area contributed by atoms with E-state index in [1.807, 2.05) is 0 Å². The van der Waals surface area contributed by atoms with Crippen LogP contribution in [0.3, 0.4) is 0 Å². The lowest BCUT2D eigenvalue weighted by molar-refractivity contribution is -0.115. The van der Waals surface area contributed by atoms with Gasteiger partial charge in [-0.1, -0.05) is 13.3 Å². The van der Waals surface area contributed by atoms with Crippen LogP contribution in [0.15, 0.2) is 36.5 Å². The predicted octanol–water partition coefficient (Wildman–Crippen LogP) is 1.97. The van der Waals surface area contributed by atoms with E-state index in [1.165, 1.54) is 0 Å². The number of nitrogens with zero attached hydrogens (tertiary/aromatic N) is 2. The summed E-state index contributed by atoms with van der Waals surface area (Å²) in [6.07, 6.45) is 3.78. The second kappa shape index (κ2) is 8.71. The molecule has 1 aromatic heterocycles. The smallest absolute Gasteiger partial charge is 0.251 e. The zero-order valence-corrected chi connectivity index (χ0v) is 13.9. The Morgan fingerprint density at radius 2 is 1.96 bits per heavy atom. The highest BCUT2D eigenvalue weighted by Crippen LogP contribution is 2.12. The summed E-state index contributed by atoms with van der Waals surface area (Å²) in [4.78, 5) is 23.8. The van der Waals surface area contributed by atoms with Gasteiger partial charge in [-0.05, 0) is 30.7 Å². The number of unbranched alkanes of at least 4 members (excludes halogenated alkanes) is 1. The highest BCUT2D eigenvalue weighted by molar-refractivity contribution is 5.99. The fourth-order valence-corrected chi connectivity index (χ4v) is 1.97. The van der Waals surface area contributed by atoms with Gasteiger partial charge in [-0.25, -0.2) is 0 Å². The Morgan fingerprint density at radius 1 is 1.21 bits per heavy atom. The van der Waals surface area contributed by atoms with Crippen LogP contribution in [0.2, 0.25) is 0 Å². The van der Waals surface area contributed by atoms with Crippen molar-refractivity contribution in [2.24, 2.45) is 7.05 Å². The molecule has 2 N–H and O–H groups in total. The Labute approximate surface area is 141 Å². The largest absolute Gasteiger partial charge is 0.494 e. The Balaban J connectivity index is 1.78. The molecule has 0 aliphatic rings. The second-order valence-corrected chi connectivity index (χ2v) is 5.33. The van der Waals surface area contributed by atoms with E-state index in [4.69, 9.17) is 4.74 Å². The molecule has 128 valence electrons. The lowest BCUT2D eigenvalue weighted by Crippen LogP contribution is -2.32. The number of amides is 2. The zero-order chi connectivity index (χ0) is 17.4. The molecule has 0 aliphatic carbocycles. The number of carbonyl (C=O) groups excluding carboxylic acids is 2. The number of benzene rings is 1. The van der Waals surface area contributed by atoms with Gasteiger partial charge < -0.3 is 15.4 Å². The molecule has 24 heavy (non-hydrogen) atoms. The minimum Gasteiger partial charge on any atom is -0.494 e. The highest BCUT2D eigenvalue weighted by Gasteiger charge is 2.09. The van der Waals surface area contributed by atoms with Gasteiger partial charge in [0.1, 0.15) is 5.75 Å². The normalized spacial score (nSPS) is 10.2. The van der Waals surface area contributed by atoms with Crippen LogP contribution < -0.4 is 15.4 Å². The second-order valence-electron chi connectivity index (χ2n) is 5.33. The fourth-order valence-electron chi connectivity index (χ4n) is 1.97. The molecule has 0 spiro atoms. The molecule has 2 aromatic rings. The molecule has 1 aromatic carbocycles. The molecule has 7 nitrogen and oxygen atoms in total. The summed E-state index contributed by atoms with van der Waals surface area (Å²) in [7, 11) is 1.76. The highest BCUT2D eigenvalue weighted by atomic mass is 16.5. The summed E-state index contributed by atoms with van der Waals surface area (Å²) in [5.74, 6) is 0.533. The lowest BCUT2D eigenvalue weighted by atomic mass is 10.2. The van der Waals surface area contributed by atoms with Gasteiger partial charge >= 0.3 is 0 Å². The summed E-state index contributed by atoms with van der Waals surface area (Å²) in [6, 6.07) is 8.52. The van der Waals surface area contributed by atoms with Gasteiger partial charge in [-0.3, -0.25) is 14.3 Å². The van der Waals surface area contributed by atoms with Crippen molar-refractivity contribution in [3.8, 4) is 5.75 Å². The molecule has 0 saturated heterocycles. The molecule has 2 amide bonds. The average Bonchev–Trinajstić information content (AvgIpc) is 2.98. The third-order valence-corrected chi connectivity index (χ3v) is 3.27. The minimum atomic E-state index is -0.332. The quantitative estimate of drug-likeness (QED) is 0.725. The predicted molar refractivity (Wildman–Crippen MR) is 91.0 cm³/mol. The van der Waals surface area contributed by atoms with Gasteiger partial charge in [-0.15, -0.1) is 0 Å². The van der Waals surface area contributed by atoms with Gasteiger partial charge in [-0.2, -0.15) is 5.10 Å². The average molecular weight is 330 g/mol. The summed E-state index contributed by atoms with van der Waals surface area (Å²) < 4.78 is 7.12. The third-order valence-electron chi connectivity index (χ3n) is 3.27. The summed E-state index contributed by atoms with van der Waals surface area (Å²) >= 11 is 0. The first-order chi connectivity index (χ1) is 11.6. The SMILES string of the molecule is CCCCOc1ccc(C(=O)NCC(=O)Nc2ccn(C)n2)cc1. The van der Waals surface area contributed by atoms with E-state index in [1.54, 1.807) is 48.3 Å². The van der Waals surface area contributed by atoms with E-state index < -0.39 is 0 Å². The van der Waals surface area contributed by atoms with Crippen molar-refractivity contribution in [1.82, 2.24) is 15.1 Å². The van der Waals surface area contributed by atoms with Gasteiger partial charge in [0.05, 0.1) is 13.2 Å². The molecule has 1 heterocycles. The Hall–Kier alpha value is -2.83. The molecule has 2 rings (SSSR count). The number of aromatic nitrogens is 2. The zero-order valence-electron chi connectivity index (χ0n) is 13.9. The molecule has 0 unspecified atom stereocenters. The molecule has 7 heteroatoms. The lowest BCUT2D eigenvalue weighted by Gasteiger charge is -2.07. The van der Waals surface area contributed by atoms with Crippen LogP contribution in [-0.2, 0) is 11.8 Å². The van der Waals surface area contributed by atoms with Crippen LogP contribution in [0.1, 0.15) is 30.1 Å². The number of hydrogen-bond donors (Lipinski definition) is 2. The maximum absolute atomic E-state index is 12.0. The summed E-state index contributed by atoms with van der Waals surface area (Å²) in [5, 5.41) is 9.21. The van der Waals surface area contributed by atoms with E-state index in [0.717, 1.165) is 18.6 Å². The number of ether oxygens (including phenoxy) is 1. The molecule has 0 bridgehead atoms. The number of rotatable bonds is 8. The van der Waals surface area contributed by atoms with Crippen LogP contribution in [0.5, 0.6) is 5.75 Å². The Bertz CT molecular complexity index is 679. The van der Waals surface area contributed by atoms with Crippen molar-refractivity contribution in [3.63, 3.8) is 0 Å². The topological polar surface area (TPSA) is 85.2 Å². The van der Waals surface area contributed by atoms with E-state index >= 15 is 0 Å². The van der Waals surface area contributed by atoms with Gasteiger partial charge in [0.15, 0.2) is 5.82 Å². The van der Waals surface area contributed by atoms with Crippen LogP contribution >= 0.6 is 0 Å². The molecular formula is C17H22N4O3. The third kappa shape index (κ3) is 5.42. The van der Waals surface area contributed by atoms with E-state index in [9.17, 15) is 9.59 Å². The Morgan fingerprint density at radius 3 is 2.58 bits per heavy atom. The first kappa shape index (κ1) is 17.5.